The van der Waals surface area contributed by atoms with E-state index >= 15 is 0 Å². The summed E-state index contributed by atoms with van der Waals surface area (Å²) in [5.74, 6) is 1.27. The van der Waals surface area contributed by atoms with Gasteiger partial charge in [-0.1, -0.05) is 0 Å². The Bertz CT molecular complexity index is 484. The Balaban J connectivity index is 1.72. The van der Waals surface area contributed by atoms with Crippen molar-refractivity contribution in [2.24, 2.45) is 5.92 Å². The van der Waals surface area contributed by atoms with Crippen molar-refractivity contribution >= 4 is 11.8 Å². The molecule has 0 radical (unpaired) electrons. The number of pyridine rings is 1. The lowest BCUT2D eigenvalue weighted by Crippen LogP contribution is -2.47. The van der Waals surface area contributed by atoms with Gasteiger partial charge in [0.05, 0.1) is 24.9 Å². The van der Waals surface area contributed by atoms with Gasteiger partial charge in [0, 0.05) is 19.3 Å². The summed E-state index contributed by atoms with van der Waals surface area (Å²) in [6.45, 7) is 3.83. The molecular weight excluding hydrogens is 256 g/mol. The molecule has 5 nitrogen and oxygen atoms in total. The van der Waals surface area contributed by atoms with E-state index in [1.54, 1.807) is 12.3 Å². The quantitative estimate of drug-likeness (QED) is 0.789. The summed E-state index contributed by atoms with van der Waals surface area (Å²) in [6.07, 6.45) is 4.67. The largest absolute Gasteiger partial charge is 0.465 e. The second kappa shape index (κ2) is 5.40. The number of nitrogens with zero attached hydrogens (tertiary/aromatic N) is 2. The first kappa shape index (κ1) is 13.4. The minimum atomic E-state index is -0.352. The van der Waals surface area contributed by atoms with Gasteiger partial charge in [0.2, 0.25) is 0 Å². The maximum Gasteiger partial charge on any atom is 0.339 e. The van der Waals surface area contributed by atoms with Gasteiger partial charge in [0.1, 0.15) is 5.82 Å². The lowest BCUT2D eigenvalue weighted by molar-refractivity contribution is -0.0273. The number of ether oxygens (including phenoxy) is 2. The zero-order valence-corrected chi connectivity index (χ0v) is 11.9. The van der Waals surface area contributed by atoms with Crippen molar-refractivity contribution in [2.45, 2.75) is 32.0 Å². The summed E-state index contributed by atoms with van der Waals surface area (Å²) in [4.78, 5) is 18.0. The minimum Gasteiger partial charge on any atom is -0.465 e. The molecule has 0 amide bonds. The molecule has 0 aromatic carbocycles. The van der Waals surface area contributed by atoms with Gasteiger partial charge in [-0.3, -0.25) is 0 Å². The van der Waals surface area contributed by atoms with E-state index in [4.69, 9.17) is 4.74 Å². The standard InChI is InChI=1S/C15H20N2O3/c1-10-8-17(9-13(20-10)11-3-4-11)14-6-5-12(7-16-14)15(18)19-2/h5-7,10-11,13H,3-4,8-9H2,1-2H3/t10-,13+/m1/s1. The Morgan fingerprint density at radius 3 is 2.80 bits per heavy atom. The van der Waals surface area contributed by atoms with Gasteiger partial charge < -0.3 is 14.4 Å². The fourth-order valence-electron chi connectivity index (χ4n) is 2.71. The predicted molar refractivity (Wildman–Crippen MR) is 74.8 cm³/mol. The van der Waals surface area contributed by atoms with Crippen molar-refractivity contribution in [3.05, 3.63) is 23.9 Å². The molecule has 108 valence electrons. The van der Waals surface area contributed by atoms with Gasteiger partial charge in [0.25, 0.3) is 0 Å². The molecule has 1 aromatic rings. The number of carbonyl (C=O) groups excluding carboxylic acids is 1. The summed E-state index contributed by atoms with van der Waals surface area (Å²) < 4.78 is 10.7. The highest BCUT2D eigenvalue weighted by atomic mass is 16.5. The Morgan fingerprint density at radius 2 is 2.20 bits per heavy atom. The Morgan fingerprint density at radius 1 is 1.40 bits per heavy atom. The first-order chi connectivity index (χ1) is 9.67. The second-order valence-electron chi connectivity index (χ2n) is 5.62. The maximum absolute atomic E-state index is 11.4. The number of aromatic nitrogens is 1. The zero-order valence-electron chi connectivity index (χ0n) is 11.9. The monoisotopic (exact) mass is 276 g/mol. The maximum atomic E-state index is 11.4. The molecule has 5 heteroatoms. The summed E-state index contributed by atoms with van der Waals surface area (Å²) in [5, 5.41) is 0. The van der Waals surface area contributed by atoms with Gasteiger partial charge in [-0.2, -0.15) is 0 Å². The summed E-state index contributed by atoms with van der Waals surface area (Å²) in [6, 6.07) is 3.65. The summed E-state index contributed by atoms with van der Waals surface area (Å²) in [7, 11) is 1.38. The van der Waals surface area contributed by atoms with Crippen LogP contribution in [0.4, 0.5) is 5.82 Å². The average molecular weight is 276 g/mol. The van der Waals surface area contributed by atoms with Crippen molar-refractivity contribution in [2.75, 3.05) is 25.1 Å². The molecule has 0 spiro atoms. The molecule has 1 aliphatic carbocycles. The third-order valence-electron chi connectivity index (χ3n) is 3.93. The molecule has 1 saturated carbocycles. The molecular formula is C15H20N2O3. The Kier molecular flexibility index (Phi) is 3.61. The minimum absolute atomic E-state index is 0.219. The molecule has 0 bridgehead atoms. The third-order valence-corrected chi connectivity index (χ3v) is 3.93. The van der Waals surface area contributed by atoms with Crippen LogP contribution < -0.4 is 4.90 Å². The smallest absolute Gasteiger partial charge is 0.339 e. The predicted octanol–water partition coefficient (Wildman–Crippen LogP) is 1.87. The number of hydrogen-bond donors (Lipinski definition) is 0. The van der Waals surface area contributed by atoms with Crippen LogP contribution in [0.25, 0.3) is 0 Å². The summed E-state index contributed by atoms with van der Waals surface area (Å²) >= 11 is 0. The molecule has 0 unspecified atom stereocenters. The number of rotatable bonds is 3. The van der Waals surface area contributed by atoms with Crippen molar-refractivity contribution < 1.29 is 14.3 Å². The van der Waals surface area contributed by atoms with Crippen LogP contribution in [0.2, 0.25) is 0 Å². The van der Waals surface area contributed by atoms with Gasteiger partial charge in [-0.25, -0.2) is 9.78 Å². The highest BCUT2D eigenvalue weighted by Gasteiger charge is 2.37. The molecule has 1 aromatic heterocycles. The fourth-order valence-corrected chi connectivity index (χ4v) is 2.71. The first-order valence-electron chi connectivity index (χ1n) is 7.12. The van der Waals surface area contributed by atoms with E-state index in [0.717, 1.165) is 24.8 Å². The molecule has 2 fully saturated rings. The van der Waals surface area contributed by atoms with Crippen LogP contribution in [-0.2, 0) is 9.47 Å². The normalized spacial score (nSPS) is 26.4. The van der Waals surface area contributed by atoms with E-state index in [9.17, 15) is 4.79 Å². The lowest BCUT2D eigenvalue weighted by Gasteiger charge is -2.37. The third kappa shape index (κ3) is 2.77. The second-order valence-corrected chi connectivity index (χ2v) is 5.62. The topological polar surface area (TPSA) is 51.7 Å². The van der Waals surface area contributed by atoms with Gasteiger partial charge >= 0.3 is 5.97 Å². The Labute approximate surface area is 118 Å². The van der Waals surface area contributed by atoms with Crippen LogP contribution in [0.15, 0.2) is 18.3 Å². The van der Waals surface area contributed by atoms with E-state index in [-0.39, 0.29) is 12.1 Å². The van der Waals surface area contributed by atoms with Crippen molar-refractivity contribution in [3.8, 4) is 0 Å². The van der Waals surface area contributed by atoms with Crippen LogP contribution in [0.1, 0.15) is 30.1 Å². The number of anilines is 1. The summed E-state index contributed by atoms with van der Waals surface area (Å²) in [5.41, 5.74) is 0.483. The highest BCUT2D eigenvalue weighted by molar-refractivity contribution is 5.89. The van der Waals surface area contributed by atoms with Gasteiger partial charge in [0.15, 0.2) is 0 Å². The lowest BCUT2D eigenvalue weighted by atomic mass is 10.1. The molecule has 2 heterocycles. The van der Waals surface area contributed by atoms with E-state index in [2.05, 4.69) is 21.5 Å². The van der Waals surface area contributed by atoms with E-state index in [0.29, 0.717) is 11.7 Å². The molecule has 2 atom stereocenters. The van der Waals surface area contributed by atoms with E-state index in [1.165, 1.54) is 20.0 Å². The van der Waals surface area contributed by atoms with Gasteiger partial charge in [-0.15, -0.1) is 0 Å². The highest BCUT2D eigenvalue weighted by Crippen LogP contribution is 2.37. The first-order valence-corrected chi connectivity index (χ1v) is 7.12. The number of methoxy groups -OCH3 is 1. The molecule has 3 rings (SSSR count). The number of hydrogen-bond acceptors (Lipinski definition) is 5. The molecule has 20 heavy (non-hydrogen) atoms. The van der Waals surface area contributed by atoms with Crippen LogP contribution >= 0.6 is 0 Å². The SMILES string of the molecule is COC(=O)c1ccc(N2C[C@@H](C)O[C@H](C3CC3)C2)nc1. The number of morpholine rings is 1. The molecule has 2 aliphatic rings. The van der Waals surface area contributed by atoms with E-state index in [1.807, 2.05) is 6.07 Å². The van der Waals surface area contributed by atoms with E-state index < -0.39 is 0 Å². The molecule has 1 saturated heterocycles. The molecule has 1 aliphatic heterocycles. The molecule has 0 N–H and O–H groups in total. The van der Waals surface area contributed by atoms with Crippen molar-refractivity contribution in [1.29, 1.82) is 0 Å². The van der Waals surface area contributed by atoms with Crippen molar-refractivity contribution in [1.82, 2.24) is 4.98 Å². The zero-order chi connectivity index (χ0) is 14.1. The van der Waals surface area contributed by atoms with Crippen LogP contribution in [-0.4, -0.2) is 43.4 Å². The fraction of sp³-hybridized carbons (Fsp3) is 0.600. The number of esters is 1. The average Bonchev–Trinajstić information content (AvgIpc) is 3.30. The van der Waals surface area contributed by atoms with Crippen LogP contribution in [0.3, 0.4) is 0 Å². The van der Waals surface area contributed by atoms with Crippen LogP contribution in [0.5, 0.6) is 0 Å². The van der Waals surface area contributed by atoms with Gasteiger partial charge in [-0.05, 0) is 37.8 Å². The van der Waals surface area contributed by atoms with Crippen LogP contribution in [0, 0.1) is 5.92 Å². The van der Waals surface area contributed by atoms with Crippen molar-refractivity contribution in [3.63, 3.8) is 0 Å². The Hall–Kier alpha value is -1.62. The number of carbonyl (C=O) groups is 1.